The SMILES string of the molecule is C#C/C=C\C=C/CC1(c2ccccc2C)c2ccccc2-c2c1ccc1c3cc4c(cc3n(-c3nc(-c5cc(-c6ccccc6)cc(-c6ccccc6)c5)cc(-c5cc(-c6ccccc6)cc(-c6ccccc6)c5)n3)c21)sc1ccccc14. The highest BCUT2D eigenvalue weighted by atomic mass is 32.1. The number of aryl methyl sites for hydroxylation is 1. The molecule has 0 saturated heterocycles. The molecule has 1 aliphatic carbocycles. The predicted octanol–water partition coefficient (Wildman–Crippen LogP) is 20.7. The van der Waals surface area contributed by atoms with Crippen LogP contribution in [-0.4, -0.2) is 14.5 Å². The van der Waals surface area contributed by atoms with E-state index in [-0.39, 0.29) is 0 Å². The maximum Gasteiger partial charge on any atom is 0.235 e. The van der Waals surface area contributed by atoms with Crippen LogP contribution in [0.4, 0.5) is 0 Å². The van der Waals surface area contributed by atoms with Gasteiger partial charge in [0.25, 0.3) is 0 Å². The number of hydrogen-bond acceptors (Lipinski definition) is 3. The summed E-state index contributed by atoms with van der Waals surface area (Å²) >= 11 is 1.84. The average Bonchev–Trinajstić information content (AvgIpc) is 2.03. The van der Waals surface area contributed by atoms with E-state index in [1.54, 1.807) is 6.08 Å². The predicted molar refractivity (Wildman–Crippen MR) is 350 cm³/mol. The Labute approximate surface area is 487 Å². The summed E-state index contributed by atoms with van der Waals surface area (Å²) in [5.41, 5.74) is 21.5. The summed E-state index contributed by atoms with van der Waals surface area (Å²) < 4.78 is 4.88. The van der Waals surface area contributed by atoms with Crippen LogP contribution in [0.25, 0.3) is 126 Å². The lowest BCUT2D eigenvalue weighted by molar-refractivity contribution is 0.640. The second-order valence-corrected chi connectivity index (χ2v) is 22.7. The van der Waals surface area contributed by atoms with Gasteiger partial charge in [0.05, 0.1) is 27.8 Å². The summed E-state index contributed by atoms with van der Waals surface area (Å²) in [6, 6.07) is 95.2. The van der Waals surface area contributed by atoms with Gasteiger partial charge in [0.1, 0.15) is 0 Å². The first-order valence-corrected chi connectivity index (χ1v) is 29.1. The molecule has 3 aromatic heterocycles. The Hall–Kier alpha value is -10.4. The van der Waals surface area contributed by atoms with Crippen molar-refractivity contribution in [3.05, 3.63) is 307 Å². The van der Waals surface area contributed by atoms with E-state index in [1.165, 1.54) is 53.6 Å². The maximum absolute atomic E-state index is 5.91. The summed E-state index contributed by atoms with van der Waals surface area (Å²) in [6.07, 6.45) is 14.5. The summed E-state index contributed by atoms with van der Waals surface area (Å²) in [7, 11) is 0. The molecule has 11 aromatic carbocycles. The summed E-state index contributed by atoms with van der Waals surface area (Å²) in [6.45, 7) is 2.25. The molecular formula is C79H53N3S. The Bertz CT molecular complexity index is 4680. The molecule has 0 fully saturated rings. The second kappa shape index (κ2) is 20.6. The van der Waals surface area contributed by atoms with E-state index < -0.39 is 5.41 Å². The molecule has 0 radical (unpaired) electrons. The third kappa shape index (κ3) is 8.52. The topological polar surface area (TPSA) is 30.7 Å². The van der Waals surface area contributed by atoms with Crippen molar-refractivity contribution >= 4 is 53.3 Å². The minimum Gasteiger partial charge on any atom is -0.277 e. The van der Waals surface area contributed by atoms with Gasteiger partial charge in [-0.15, -0.1) is 17.8 Å². The van der Waals surface area contributed by atoms with E-state index in [1.807, 2.05) is 17.4 Å². The fraction of sp³-hybridized carbons (Fsp3) is 0.0380. The molecule has 0 saturated carbocycles. The van der Waals surface area contributed by atoms with Crippen LogP contribution in [0.3, 0.4) is 0 Å². The quantitative estimate of drug-likeness (QED) is 0.0955. The fourth-order valence-electron chi connectivity index (χ4n) is 13.1. The number of allylic oxidation sites excluding steroid dienone is 4. The monoisotopic (exact) mass is 1080 g/mol. The van der Waals surface area contributed by atoms with Gasteiger partial charge in [-0.25, -0.2) is 9.97 Å². The number of benzene rings is 11. The summed E-state index contributed by atoms with van der Waals surface area (Å²) in [5.74, 6) is 3.27. The molecule has 3 nitrogen and oxygen atoms in total. The number of fused-ring (bicyclic) bond motifs is 10. The van der Waals surface area contributed by atoms with Crippen molar-refractivity contribution in [2.45, 2.75) is 18.8 Å². The summed E-state index contributed by atoms with van der Waals surface area (Å²) in [5, 5.41) is 4.79. The molecule has 0 N–H and O–H groups in total. The van der Waals surface area contributed by atoms with Gasteiger partial charge < -0.3 is 0 Å². The van der Waals surface area contributed by atoms with Gasteiger partial charge in [0.2, 0.25) is 5.95 Å². The largest absolute Gasteiger partial charge is 0.277 e. The lowest BCUT2D eigenvalue weighted by Gasteiger charge is -2.33. The first kappa shape index (κ1) is 49.6. The van der Waals surface area contributed by atoms with Crippen molar-refractivity contribution in [3.63, 3.8) is 0 Å². The van der Waals surface area contributed by atoms with Gasteiger partial charge >= 0.3 is 0 Å². The highest BCUT2D eigenvalue weighted by Gasteiger charge is 2.46. The van der Waals surface area contributed by atoms with Crippen LogP contribution in [0.15, 0.2) is 285 Å². The normalized spacial score (nSPS) is 13.8. The molecule has 3 heterocycles. The van der Waals surface area contributed by atoms with Crippen LogP contribution in [0, 0.1) is 19.3 Å². The van der Waals surface area contributed by atoms with Crippen molar-refractivity contribution in [2.75, 3.05) is 0 Å². The molecule has 0 spiro atoms. The van der Waals surface area contributed by atoms with Crippen LogP contribution in [0.1, 0.15) is 28.7 Å². The number of terminal acetylenes is 1. The van der Waals surface area contributed by atoms with Gasteiger partial charge in [-0.3, -0.25) is 4.57 Å². The molecule has 0 bridgehead atoms. The van der Waals surface area contributed by atoms with Crippen molar-refractivity contribution in [1.29, 1.82) is 0 Å². The molecule has 1 aliphatic rings. The van der Waals surface area contributed by atoms with Gasteiger partial charge in [-0.2, -0.15) is 0 Å². The zero-order valence-corrected chi connectivity index (χ0v) is 46.5. The van der Waals surface area contributed by atoms with Crippen LogP contribution >= 0.6 is 11.3 Å². The second-order valence-electron chi connectivity index (χ2n) is 21.6. The third-order valence-electron chi connectivity index (χ3n) is 16.8. The molecule has 0 amide bonds. The van der Waals surface area contributed by atoms with Gasteiger partial charge in [0.15, 0.2) is 0 Å². The molecule has 83 heavy (non-hydrogen) atoms. The van der Waals surface area contributed by atoms with Crippen molar-refractivity contribution in [2.24, 2.45) is 0 Å². The van der Waals surface area contributed by atoms with E-state index in [0.29, 0.717) is 12.4 Å². The first-order chi connectivity index (χ1) is 41.0. The van der Waals surface area contributed by atoms with Crippen molar-refractivity contribution in [1.82, 2.24) is 14.5 Å². The third-order valence-corrected chi connectivity index (χ3v) is 17.9. The van der Waals surface area contributed by atoms with E-state index in [9.17, 15) is 0 Å². The molecule has 4 heteroatoms. The van der Waals surface area contributed by atoms with Gasteiger partial charge in [-0.1, -0.05) is 224 Å². The van der Waals surface area contributed by atoms with E-state index >= 15 is 0 Å². The van der Waals surface area contributed by atoms with Gasteiger partial charge in [0, 0.05) is 47.6 Å². The Kier molecular flexibility index (Phi) is 12.3. The van der Waals surface area contributed by atoms with Crippen LogP contribution < -0.4 is 0 Å². The van der Waals surface area contributed by atoms with Gasteiger partial charge in [-0.05, 0) is 152 Å². The Morgan fingerprint density at radius 3 is 1.53 bits per heavy atom. The Balaban J connectivity index is 1.09. The Morgan fingerprint density at radius 1 is 0.434 bits per heavy atom. The molecule has 15 rings (SSSR count). The molecule has 0 aliphatic heterocycles. The Morgan fingerprint density at radius 2 is 0.952 bits per heavy atom. The lowest BCUT2D eigenvalue weighted by atomic mass is 9.68. The zero-order valence-electron chi connectivity index (χ0n) is 45.7. The number of rotatable bonds is 11. The lowest BCUT2D eigenvalue weighted by Crippen LogP contribution is -2.27. The minimum atomic E-state index is -0.547. The summed E-state index contributed by atoms with van der Waals surface area (Å²) in [4.78, 5) is 11.8. The number of aromatic nitrogens is 3. The van der Waals surface area contributed by atoms with Crippen LogP contribution in [0.2, 0.25) is 0 Å². The average molecular weight is 1080 g/mol. The maximum atomic E-state index is 5.91. The first-order valence-electron chi connectivity index (χ1n) is 28.3. The van der Waals surface area contributed by atoms with Crippen LogP contribution in [-0.2, 0) is 5.41 Å². The minimum absolute atomic E-state index is 0.547. The van der Waals surface area contributed by atoms with Crippen molar-refractivity contribution < 1.29 is 0 Å². The number of hydrogen-bond donors (Lipinski definition) is 0. The molecule has 1 unspecified atom stereocenters. The molecular weight excluding hydrogens is 1020 g/mol. The van der Waals surface area contributed by atoms with E-state index in [2.05, 4.69) is 290 Å². The highest BCUT2D eigenvalue weighted by molar-refractivity contribution is 7.25. The molecule has 1 atom stereocenters. The van der Waals surface area contributed by atoms with E-state index in [4.69, 9.17) is 16.4 Å². The van der Waals surface area contributed by atoms with E-state index in [0.717, 1.165) is 88.8 Å². The van der Waals surface area contributed by atoms with Crippen LogP contribution in [0.5, 0.6) is 0 Å². The molecule has 14 aromatic rings. The number of nitrogens with zero attached hydrogens (tertiary/aromatic N) is 3. The zero-order chi connectivity index (χ0) is 55.4. The smallest absolute Gasteiger partial charge is 0.235 e. The highest BCUT2D eigenvalue weighted by Crippen LogP contribution is 2.58. The standard InChI is InChI=1S/C79H53N3S/c1-3-4-5-6-25-42-79(68-37-22-19-26-52(68)2)69-38-23-20-36-65(69)76-70(79)41-40-64-66-49-67-63-35-21-24-39-74(63)83-75(67)51-73(66)82(77(64)76)78-80-71(61-45-57(53-27-11-7-12-28-53)43-58(46-61)54-29-13-8-14-30-54)50-72(81-78)62-47-59(55-31-15-9-16-32-55)44-60(48-62)56-33-17-10-18-34-56/h1,4-41,43-51H,42H2,2H3/b5-4-,25-6-. The molecule has 390 valence electrons. The number of thiophene rings is 1. The van der Waals surface area contributed by atoms with Crippen molar-refractivity contribution in [3.8, 4) is 96.4 Å². The fourth-order valence-corrected chi connectivity index (χ4v) is 14.2.